The van der Waals surface area contributed by atoms with Gasteiger partial charge >= 0.3 is 0 Å². The van der Waals surface area contributed by atoms with Crippen LogP contribution in [0.1, 0.15) is 28.2 Å². The van der Waals surface area contributed by atoms with Gasteiger partial charge < -0.3 is 11.1 Å². The van der Waals surface area contributed by atoms with E-state index in [9.17, 15) is 4.79 Å². The maximum Gasteiger partial charge on any atom is 0.229 e. The minimum absolute atomic E-state index is 0.00415. The Kier molecular flexibility index (Phi) is 5.53. The summed E-state index contributed by atoms with van der Waals surface area (Å²) in [6, 6.07) is 14.0. The van der Waals surface area contributed by atoms with Crippen molar-refractivity contribution in [3.05, 3.63) is 57.8 Å². The number of aryl methyl sites for hydroxylation is 1. The van der Waals surface area contributed by atoms with Crippen molar-refractivity contribution in [1.82, 2.24) is 5.32 Å². The van der Waals surface area contributed by atoms with Crippen LogP contribution in [0.3, 0.4) is 0 Å². The van der Waals surface area contributed by atoms with E-state index in [4.69, 9.17) is 5.73 Å². The van der Waals surface area contributed by atoms with E-state index in [0.717, 1.165) is 12.0 Å². The Labute approximate surface area is 130 Å². The van der Waals surface area contributed by atoms with E-state index < -0.39 is 0 Å². The third-order valence-electron chi connectivity index (χ3n) is 3.45. The second-order valence-electron chi connectivity index (χ2n) is 5.33. The smallest absolute Gasteiger partial charge is 0.229 e. The summed E-state index contributed by atoms with van der Waals surface area (Å²) in [4.78, 5) is 15.0. The first-order chi connectivity index (χ1) is 10.1. The molecule has 0 bridgehead atoms. The zero-order valence-electron chi connectivity index (χ0n) is 12.5. The van der Waals surface area contributed by atoms with Crippen LogP contribution in [0.2, 0.25) is 0 Å². The van der Waals surface area contributed by atoms with Gasteiger partial charge in [-0.1, -0.05) is 30.3 Å². The number of nitrogens with two attached hydrogens (primary N) is 1. The van der Waals surface area contributed by atoms with Crippen molar-refractivity contribution in [3.63, 3.8) is 0 Å². The van der Waals surface area contributed by atoms with E-state index in [1.165, 1.54) is 9.75 Å². The fraction of sp³-hybridized carbons (Fsp3) is 0.353. The molecule has 2 atom stereocenters. The Balaban J connectivity index is 1.96. The summed E-state index contributed by atoms with van der Waals surface area (Å²) in [6.07, 6.45) is 0.857. The standard InChI is InChI=1S/C17H22N2OS/c1-12(10-15-9-8-13(2)21-15)19-17(20)16(11-18)14-6-4-3-5-7-14/h3-9,12,16H,10-11,18H2,1-2H3,(H,19,20). The van der Waals surface area contributed by atoms with Gasteiger partial charge in [-0.2, -0.15) is 0 Å². The van der Waals surface area contributed by atoms with Crippen LogP contribution in [-0.4, -0.2) is 18.5 Å². The van der Waals surface area contributed by atoms with Crippen LogP contribution in [0.4, 0.5) is 0 Å². The Bertz CT molecular complexity index is 579. The predicted molar refractivity (Wildman–Crippen MR) is 88.6 cm³/mol. The Morgan fingerprint density at radius 1 is 1.24 bits per heavy atom. The minimum Gasteiger partial charge on any atom is -0.353 e. The van der Waals surface area contributed by atoms with Gasteiger partial charge in [0.05, 0.1) is 5.92 Å². The Morgan fingerprint density at radius 3 is 2.52 bits per heavy atom. The summed E-state index contributed by atoms with van der Waals surface area (Å²) >= 11 is 1.78. The largest absolute Gasteiger partial charge is 0.353 e. The molecule has 4 heteroatoms. The lowest BCUT2D eigenvalue weighted by Crippen LogP contribution is -2.39. The average Bonchev–Trinajstić information content (AvgIpc) is 2.85. The Morgan fingerprint density at radius 2 is 1.95 bits per heavy atom. The van der Waals surface area contributed by atoms with E-state index in [1.54, 1.807) is 11.3 Å². The zero-order valence-corrected chi connectivity index (χ0v) is 13.3. The molecule has 0 spiro atoms. The van der Waals surface area contributed by atoms with Gasteiger partial charge in [-0.15, -0.1) is 11.3 Å². The molecule has 112 valence electrons. The van der Waals surface area contributed by atoms with E-state index in [0.29, 0.717) is 6.54 Å². The van der Waals surface area contributed by atoms with Crippen molar-refractivity contribution in [2.24, 2.45) is 5.73 Å². The van der Waals surface area contributed by atoms with Crippen molar-refractivity contribution >= 4 is 17.2 Å². The number of nitrogens with one attached hydrogen (secondary N) is 1. The molecule has 1 aromatic heterocycles. The van der Waals surface area contributed by atoms with Gasteiger partial charge in [-0.3, -0.25) is 4.79 Å². The van der Waals surface area contributed by atoms with Gasteiger partial charge in [-0.25, -0.2) is 0 Å². The number of thiophene rings is 1. The average molecular weight is 302 g/mol. The van der Waals surface area contributed by atoms with Crippen LogP contribution in [0, 0.1) is 6.92 Å². The topological polar surface area (TPSA) is 55.1 Å². The van der Waals surface area contributed by atoms with Gasteiger partial charge in [0.15, 0.2) is 0 Å². The molecule has 0 saturated carbocycles. The first-order valence-electron chi connectivity index (χ1n) is 7.21. The lowest BCUT2D eigenvalue weighted by Gasteiger charge is -2.19. The van der Waals surface area contributed by atoms with E-state index in [1.807, 2.05) is 37.3 Å². The van der Waals surface area contributed by atoms with Crippen LogP contribution in [0.15, 0.2) is 42.5 Å². The fourth-order valence-electron chi connectivity index (χ4n) is 2.37. The van der Waals surface area contributed by atoms with Gasteiger partial charge in [-0.05, 0) is 31.5 Å². The normalized spacial score (nSPS) is 13.7. The molecule has 2 unspecified atom stereocenters. The SMILES string of the molecule is Cc1ccc(CC(C)NC(=O)C(CN)c2ccccc2)s1. The van der Waals surface area contributed by atoms with Crippen molar-refractivity contribution < 1.29 is 4.79 Å². The van der Waals surface area contributed by atoms with Crippen LogP contribution in [-0.2, 0) is 11.2 Å². The van der Waals surface area contributed by atoms with Gasteiger partial charge in [0.2, 0.25) is 5.91 Å². The molecule has 1 heterocycles. The van der Waals surface area contributed by atoms with Crippen LogP contribution < -0.4 is 11.1 Å². The van der Waals surface area contributed by atoms with Crippen molar-refractivity contribution in [3.8, 4) is 0 Å². The number of hydrogen-bond acceptors (Lipinski definition) is 3. The second-order valence-corrected chi connectivity index (χ2v) is 6.70. The highest BCUT2D eigenvalue weighted by molar-refractivity contribution is 7.11. The molecular weight excluding hydrogens is 280 g/mol. The summed E-state index contributed by atoms with van der Waals surface area (Å²) < 4.78 is 0. The number of rotatable bonds is 6. The Hall–Kier alpha value is -1.65. The number of amides is 1. The first kappa shape index (κ1) is 15.7. The first-order valence-corrected chi connectivity index (χ1v) is 8.02. The molecule has 2 aromatic rings. The molecule has 0 fully saturated rings. The minimum atomic E-state index is -0.279. The molecule has 1 aromatic carbocycles. The summed E-state index contributed by atoms with van der Waals surface area (Å²) in [5, 5.41) is 3.07. The van der Waals surface area contributed by atoms with Gasteiger partial charge in [0, 0.05) is 28.8 Å². The highest BCUT2D eigenvalue weighted by atomic mass is 32.1. The van der Waals surface area contributed by atoms with E-state index in [2.05, 4.69) is 24.4 Å². The maximum absolute atomic E-state index is 12.4. The third kappa shape index (κ3) is 4.41. The second kappa shape index (κ2) is 7.38. The lowest BCUT2D eigenvalue weighted by atomic mass is 9.98. The third-order valence-corrected chi connectivity index (χ3v) is 4.47. The summed E-state index contributed by atoms with van der Waals surface area (Å²) in [6.45, 7) is 4.45. The predicted octanol–water partition coefficient (Wildman–Crippen LogP) is 2.85. The molecule has 2 rings (SSSR count). The molecule has 1 amide bonds. The molecule has 21 heavy (non-hydrogen) atoms. The van der Waals surface area contributed by atoms with Crippen molar-refractivity contribution in [2.45, 2.75) is 32.2 Å². The van der Waals surface area contributed by atoms with Gasteiger partial charge in [0.25, 0.3) is 0 Å². The van der Waals surface area contributed by atoms with Crippen molar-refractivity contribution in [2.75, 3.05) is 6.54 Å². The highest BCUT2D eigenvalue weighted by Gasteiger charge is 2.20. The molecule has 0 aliphatic carbocycles. The van der Waals surface area contributed by atoms with Crippen LogP contribution in [0.5, 0.6) is 0 Å². The maximum atomic E-state index is 12.4. The quantitative estimate of drug-likeness (QED) is 0.862. The molecule has 0 saturated heterocycles. The van der Waals surface area contributed by atoms with Crippen LogP contribution in [0.25, 0.3) is 0 Å². The molecule has 0 aliphatic rings. The van der Waals surface area contributed by atoms with E-state index in [-0.39, 0.29) is 17.9 Å². The lowest BCUT2D eigenvalue weighted by molar-refractivity contribution is -0.122. The summed E-state index contributed by atoms with van der Waals surface area (Å²) in [7, 11) is 0. The van der Waals surface area contributed by atoms with Crippen LogP contribution >= 0.6 is 11.3 Å². The fourth-order valence-corrected chi connectivity index (χ4v) is 3.39. The zero-order chi connectivity index (χ0) is 15.2. The summed E-state index contributed by atoms with van der Waals surface area (Å²) in [5.74, 6) is -0.275. The molecule has 0 radical (unpaired) electrons. The van der Waals surface area contributed by atoms with Gasteiger partial charge in [0.1, 0.15) is 0 Å². The number of benzene rings is 1. The highest BCUT2D eigenvalue weighted by Crippen LogP contribution is 2.18. The number of carbonyl (C=O) groups excluding carboxylic acids is 1. The number of carbonyl (C=O) groups is 1. The molecule has 3 nitrogen and oxygen atoms in total. The molecule has 0 aliphatic heterocycles. The molecular formula is C17H22N2OS. The van der Waals surface area contributed by atoms with E-state index >= 15 is 0 Å². The summed E-state index contributed by atoms with van der Waals surface area (Å²) in [5.41, 5.74) is 6.75. The number of hydrogen-bond donors (Lipinski definition) is 2. The van der Waals surface area contributed by atoms with Crippen molar-refractivity contribution in [1.29, 1.82) is 0 Å². The monoisotopic (exact) mass is 302 g/mol. The molecule has 3 N–H and O–H groups in total.